The summed E-state index contributed by atoms with van der Waals surface area (Å²) >= 11 is 1.95. The van der Waals surface area contributed by atoms with Crippen molar-refractivity contribution in [2.24, 2.45) is 5.92 Å². The fraction of sp³-hybridized carbons (Fsp3) is 0.625. The molecule has 21 heavy (non-hydrogen) atoms. The molecule has 3 rings (SSSR count). The second kappa shape index (κ2) is 5.87. The molecule has 2 aliphatic rings. The summed E-state index contributed by atoms with van der Waals surface area (Å²) in [6.07, 6.45) is 3.64. The highest BCUT2D eigenvalue weighted by Gasteiger charge is 2.51. The third-order valence-electron chi connectivity index (χ3n) is 3.99. The van der Waals surface area contributed by atoms with Crippen LogP contribution in [0.25, 0.3) is 0 Å². The Morgan fingerprint density at radius 2 is 2.33 bits per heavy atom. The first-order valence-corrected chi connectivity index (χ1v) is 8.54. The average Bonchev–Trinajstić information content (AvgIpc) is 2.81. The van der Waals surface area contributed by atoms with E-state index in [1.807, 2.05) is 34.9 Å². The summed E-state index contributed by atoms with van der Waals surface area (Å²) in [5.74, 6) is 2.42. The predicted octanol–water partition coefficient (Wildman–Crippen LogP) is 2.59. The summed E-state index contributed by atoms with van der Waals surface area (Å²) in [6, 6.07) is 5.73. The van der Waals surface area contributed by atoms with Crippen LogP contribution in [0.3, 0.4) is 0 Å². The van der Waals surface area contributed by atoms with Crippen molar-refractivity contribution in [2.75, 3.05) is 18.8 Å². The van der Waals surface area contributed by atoms with Crippen molar-refractivity contribution in [1.29, 1.82) is 0 Å². The van der Waals surface area contributed by atoms with Gasteiger partial charge in [-0.3, -0.25) is 4.79 Å². The Morgan fingerprint density at radius 3 is 3.00 bits per heavy atom. The lowest BCUT2D eigenvalue weighted by Crippen LogP contribution is -2.61. The van der Waals surface area contributed by atoms with Gasteiger partial charge in [0.15, 0.2) is 0 Å². The molecule has 2 aliphatic heterocycles. The van der Waals surface area contributed by atoms with Gasteiger partial charge in [-0.2, -0.15) is 0 Å². The van der Waals surface area contributed by atoms with Gasteiger partial charge in [-0.05, 0) is 12.0 Å². The van der Waals surface area contributed by atoms with E-state index in [-0.39, 0.29) is 10.9 Å². The Kier molecular flexibility index (Phi) is 4.11. The van der Waals surface area contributed by atoms with E-state index in [1.54, 1.807) is 6.20 Å². The zero-order chi connectivity index (χ0) is 14.9. The topological polar surface area (TPSA) is 42.4 Å². The van der Waals surface area contributed by atoms with Crippen LogP contribution < -0.4 is 4.74 Å². The molecule has 1 aromatic heterocycles. The number of nitrogens with zero attached hydrogens (tertiary/aromatic N) is 2. The third-order valence-corrected chi connectivity index (χ3v) is 5.57. The third kappa shape index (κ3) is 3.34. The molecular weight excluding hydrogens is 284 g/mol. The minimum absolute atomic E-state index is 0.215. The Balaban J connectivity index is 1.49. The van der Waals surface area contributed by atoms with Gasteiger partial charge < -0.3 is 9.64 Å². The number of hydrogen-bond donors (Lipinski definition) is 0. The van der Waals surface area contributed by atoms with Gasteiger partial charge in [0.25, 0.3) is 0 Å². The zero-order valence-electron chi connectivity index (χ0n) is 12.6. The minimum Gasteiger partial charge on any atom is -0.473 e. The molecule has 2 fully saturated rings. The minimum atomic E-state index is 0.215. The van der Waals surface area contributed by atoms with Crippen LogP contribution in [0, 0.1) is 5.92 Å². The molecule has 3 heterocycles. The number of amides is 1. The number of carbonyl (C=O) groups excluding carboxylic acids is 1. The van der Waals surface area contributed by atoms with E-state index in [2.05, 4.69) is 18.8 Å². The van der Waals surface area contributed by atoms with Crippen LogP contribution in [-0.2, 0) is 4.79 Å². The highest BCUT2D eigenvalue weighted by molar-refractivity contribution is 8.01. The van der Waals surface area contributed by atoms with Gasteiger partial charge in [0.2, 0.25) is 11.8 Å². The summed E-state index contributed by atoms with van der Waals surface area (Å²) in [5.41, 5.74) is 0. The highest BCUT2D eigenvalue weighted by atomic mass is 32.2. The van der Waals surface area contributed by atoms with Crippen LogP contribution in [-0.4, -0.2) is 45.5 Å². The van der Waals surface area contributed by atoms with Crippen molar-refractivity contribution >= 4 is 17.7 Å². The van der Waals surface area contributed by atoms with Crippen molar-refractivity contribution in [1.82, 2.24) is 9.88 Å². The van der Waals surface area contributed by atoms with Gasteiger partial charge >= 0.3 is 0 Å². The van der Waals surface area contributed by atoms with E-state index in [4.69, 9.17) is 4.74 Å². The lowest BCUT2D eigenvalue weighted by Gasteiger charge is -2.47. The van der Waals surface area contributed by atoms with Crippen LogP contribution in [0.2, 0.25) is 0 Å². The molecule has 5 heteroatoms. The number of aromatic nitrogens is 1. The maximum absolute atomic E-state index is 12.0. The van der Waals surface area contributed by atoms with Crippen LogP contribution in [0.4, 0.5) is 0 Å². The number of pyridine rings is 1. The normalized spacial score (nSPS) is 23.4. The lowest BCUT2D eigenvalue weighted by molar-refractivity contribution is -0.137. The van der Waals surface area contributed by atoms with E-state index < -0.39 is 0 Å². The van der Waals surface area contributed by atoms with E-state index in [9.17, 15) is 4.79 Å². The molecule has 114 valence electrons. The van der Waals surface area contributed by atoms with Crippen LogP contribution in [0.15, 0.2) is 24.4 Å². The second-order valence-corrected chi connectivity index (χ2v) is 7.94. The number of thioether (sulfide) groups is 1. The van der Waals surface area contributed by atoms with Crippen molar-refractivity contribution in [3.8, 4) is 5.88 Å². The molecule has 1 aromatic rings. The van der Waals surface area contributed by atoms with E-state index in [0.717, 1.165) is 25.3 Å². The Bertz CT molecular complexity index is 500. The lowest BCUT2D eigenvalue weighted by atomic mass is 9.92. The van der Waals surface area contributed by atoms with E-state index in [0.29, 0.717) is 24.1 Å². The average molecular weight is 306 g/mol. The van der Waals surface area contributed by atoms with E-state index >= 15 is 0 Å². The summed E-state index contributed by atoms with van der Waals surface area (Å²) < 4.78 is 6.16. The second-order valence-electron chi connectivity index (χ2n) is 6.45. The summed E-state index contributed by atoms with van der Waals surface area (Å²) in [7, 11) is 0. The zero-order valence-corrected chi connectivity index (χ0v) is 13.4. The van der Waals surface area contributed by atoms with Gasteiger partial charge in [0, 0.05) is 43.9 Å². The first-order valence-electron chi connectivity index (χ1n) is 7.56. The monoisotopic (exact) mass is 306 g/mol. The van der Waals surface area contributed by atoms with Gasteiger partial charge in [-0.1, -0.05) is 19.9 Å². The molecule has 1 unspecified atom stereocenters. The number of rotatable bonds is 4. The van der Waals surface area contributed by atoms with Crippen molar-refractivity contribution in [3.63, 3.8) is 0 Å². The Hall–Kier alpha value is -1.23. The molecule has 1 atom stereocenters. The fourth-order valence-corrected chi connectivity index (χ4v) is 4.51. The number of likely N-dealkylation sites (tertiary alicyclic amines) is 1. The molecule has 0 bridgehead atoms. The molecule has 2 saturated heterocycles. The molecule has 4 nitrogen and oxygen atoms in total. The van der Waals surface area contributed by atoms with Crippen molar-refractivity contribution in [2.45, 2.75) is 37.5 Å². The quantitative estimate of drug-likeness (QED) is 0.857. The number of ether oxygens (including phenoxy) is 1. The molecule has 0 saturated carbocycles. The maximum atomic E-state index is 12.0. The van der Waals surface area contributed by atoms with Crippen LogP contribution in [0.5, 0.6) is 5.88 Å². The SMILES string of the molecule is CC(C)CC(=O)N1CC2(CC(Oc3ccccn3)CS2)C1. The molecule has 0 N–H and O–H groups in total. The summed E-state index contributed by atoms with van der Waals surface area (Å²) in [5, 5.41) is 0. The maximum Gasteiger partial charge on any atom is 0.222 e. The smallest absolute Gasteiger partial charge is 0.222 e. The molecule has 0 aliphatic carbocycles. The molecule has 0 radical (unpaired) electrons. The van der Waals surface area contributed by atoms with Crippen molar-refractivity contribution < 1.29 is 9.53 Å². The molecule has 1 spiro atoms. The highest BCUT2D eigenvalue weighted by Crippen LogP contribution is 2.46. The first kappa shape index (κ1) is 14.7. The Morgan fingerprint density at radius 1 is 1.52 bits per heavy atom. The molecule has 1 amide bonds. The fourth-order valence-electron chi connectivity index (χ4n) is 2.99. The van der Waals surface area contributed by atoms with Crippen molar-refractivity contribution in [3.05, 3.63) is 24.4 Å². The number of carbonyl (C=O) groups is 1. The Labute approximate surface area is 130 Å². The molecular formula is C16H22N2O2S. The van der Waals surface area contributed by atoms with Gasteiger partial charge in [-0.15, -0.1) is 11.8 Å². The van der Waals surface area contributed by atoms with E-state index in [1.165, 1.54) is 0 Å². The van der Waals surface area contributed by atoms with Crippen LogP contribution in [0.1, 0.15) is 26.7 Å². The van der Waals surface area contributed by atoms with Gasteiger partial charge in [0.1, 0.15) is 6.10 Å². The largest absolute Gasteiger partial charge is 0.473 e. The standard InChI is InChI=1S/C16H22N2O2S/c1-12(2)7-15(19)18-10-16(11-18)8-13(9-21-16)20-14-5-3-4-6-17-14/h3-6,12-13H,7-11H2,1-2H3. The summed E-state index contributed by atoms with van der Waals surface area (Å²) in [4.78, 5) is 18.2. The predicted molar refractivity (Wildman–Crippen MR) is 84.5 cm³/mol. The number of hydrogen-bond acceptors (Lipinski definition) is 4. The van der Waals surface area contributed by atoms with Crippen LogP contribution >= 0.6 is 11.8 Å². The van der Waals surface area contributed by atoms with Gasteiger partial charge in [-0.25, -0.2) is 4.98 Å². The summed E-state index contributed by atoms with van der Waals surface area (Å²) in [6.45, 7) is 5.94. The first-order chi connectivity index (χ1) is 10.1. The van der Waals surface area contributed by atoms with Gasteiger partial charge in [0.05, 0.1) is 4.75 Å². The molecule has 0 aromatic carbocycles.